The highest BCUT2D eigenvalue weighted by molar-refractivity contribution is 5.93. The van der Waals surface area contributed by atoms with Gasteiger partial charge in [-0.25, -0.2) is 15.4 Å². The first-order chi connectivity index (χ1) is 17.7. The lowest BCUT2D eigenvalue weighted by molar-refractivity contribution is -0.122. The van der Waals surface area contributed by atoms with Crippen molar-refractivity contribution in [1.29, 1.82) is 0 Å². The molecule has 4 aromatic rings. The van der Waals surface area contributed by atoms with E-state index < -0.39 is 0 Å². The summed E-state index contributed by atoms with van der Waals surface area (Å²) in [7, 11) is 0. The van der Waals surface area contributed by atoms with E-state index in [9.17, 15) is 4.79 Å². The van der Waals surface area contributed by atoms with E-state index in [-0.39, 0.29) is 17.9 Å². The highest BCUT2D eigenvalue weighted by Gasteiger charge is 2.43. The van der Waals surface area contributed by atoms with Crippen LogP contribution in [0.5, 0.6) is 0 Å². The Balaban J connectivity index is 1.12. The summed E-state index contributed by atoms with van der Waals surface area (Å²) in [4.78, 5) is 29.8. The molecule has 2 saturated carbocycles. The lowest BCUT2D eigenvalue weighted by atomic mass is 9.73. The summed E-state index contributed by atoms with van der Waals surface area (Å²) in [6.07, 6.45) is 15.2. The van der Waals surface area contributed by atoms with Gasteiger partial charge in [-0.05, 0) is 67.7 Å². The number of imidazole rings is 1. The first-order valence-corrected chi connectivity index (χ1v) is 12.9. The zero-order chi connectivity index (χ0) is 24.1. The molecule has 0 bridgehead atoms. The molecule has 1 aliphatic heterocycles. The molecule has 36 heavy (non-hydrogen) atoms. The van der Waals surface area contributed by atoms with Crippen molar-refractivity contribution in [2.75, 3.05) is 5.32 Å². The molecule has 2 aliphatic carbocycles. The van der Waals surface area contributed by atoms with Crippen molar-refractivity contribution in [1.82, 2.24) is 30.8 Å². The molecule has 4 unspecified atom stereocenters. The van der Waals surface area contributed by atoms with Crippen molar-refractivity contribution in [3.63, 3.8) is 0 Å². The molecule has 4 N–H and O–H groups in total. The molecule has 1 amide bonds. The molecule has 5 heterocycles. The minimum absolute atomic E-state index is 0.0543. The maximum atomic E-state index is 12.4. The molecule has 9 heteroatoms. The van der Waals surface area contributed by atoms with Crippen LogP contribution in [0.3, 0.4) is 0 Å². The number of amides is 1. The number of hydrogen-bond acceptors (Lipinski definition) is 7. The van der Waals surface area contributed by atoms with Crippen LogP contribution in [-0.2, 0) is 4.79 Å². The maximum Gasteiger partial charge on any atom is 0.227 e. The molecule has 3 aliphatic rings. The summed E-state index contributed by atoms with van der Waals surface area (Å²) >= 11 is 0. The van der Waals surface area contributed by atoms with Crippen LogP contribution in [0, 0.1) is 11.8 Å². The molecule has 9 nitrogen and oxygen atoms in total. The van der Waals surface area contributed by atoms with Crippen LogP contribution in [-0.4, -0.2) is 31.9 Å². The molecule has 4 atom stereocenters. The predicted octanol–water partition coefficient (Wildman–Crippen LogP) is 4.45. The van der Waals surface area contributed by atoms with E-state index >= 15 is 0 Å². The highest BCUT2D eigenvalue weighted by atomic mass is 16.3. The van der Waals surface area contributed by atoms with Gasteiger partial charge >= 0.3 is 0 Å². The molecule has 184 valence electrons. The van der Waals surface area contributed by atoms with Crippen molar-refractivity contribution in [2.24, 2.45) is 11.8 Å². The fraction of sp³-hybridized carbons (Fsp3) is 0.407. The third-order valence-corrected chi connectivity index (χ3v) is 8.26. The summed E-state index contributed by atoms with van der Waals surface area (Å²) in [6.45, 7) is 0. The average molecular weight is 484 g/mol. The van der Waals surface area contributed by atoms with Gasteiger partial charge in [0.15, 0.2) is 5.65 Å². The number of pyridine rings is 2. The summed E-state index contributed by atoms with van der Waals surface area (Å²) < 4.78 is 5.29. The van der Waals surface area contributed by atoms with E-state index in [0.29, 0.717) is 23.5 Å². The Morgan fingerprint density at radius 3 is 2.89 bits per heavy atom. The topological polar surface area (TPSA) is 121 Å². The number of aromatic amines is 1. The number of nitrogens with zero attached hydrogens (tertiary/aromatic N) is 3. The smallest absolute Gasteiger partial charge is 0.227 e. The Morgan fingerprint density at radius 2 is 2.06 bits per heavy atom. The average Bonchev–Trinajstić information content (AvgIpc) is 3.61. The Hall–Kier alpha value is -3.56. The second kappa shape index (κ2) is 8.83. The largest absolute Gasteiger partial charge is 0.472 e. The molecule has 0 aromatic carbocycles. The summed E-state index contributed by atoms with van der Waals surface area (Å²) in [5, 5.41) is 3.08. The first-order valence-electron chi connectivity index (χ1n) is 12.9. The number of H-pyrrole nitrogens is 1. The van der Waals surface area contributed by atoms with Crippen LogP contribution in [0.1, 0.15) is 61.9 Å². The van der Waals surface area contributed by atoms with Crippen molar-refractivity contribution in [3.05, 3.63) is 60.7 Å². The molecular formula is C27H29N7O2. The number of hydrazine groups is 1. The standard InChI is InChI=1S/C27H29N7O2/c35-27(15-2-1-3-15)30-19-10-18(12-28-13-19)16-4-5-22-21(11-16)24(34-33-22)26-31-23-20(17-7-9-36-14-17)6-8-29-25(23)32-26/h6-10,12-16,21-22,24,33-34H,1-5,11H2,(H,30,35)(H,29,31,32). The van der Waals surface area contributed by atoms with Gasteiger partial charge in [-0.3, -0.25) is 15.2 Å². The van der Waals surface area contributed by atoms with Gasteiger partial charge < -0.3 is 14.7 Å². The van der Waals surface area contributed by atoms with Gasteiger partial charge in [0.1, 0.15) is 5.82 Å². The Labute approximate surface area is 208 Å². The van der Waals surface area contributed by atoms with Crippen LogP contribution in [0.4, 0.5) is 5.69 Å². The number of carbonyl (C=O) groups excluding carboxylic acids is 1. The molecule has 0 radical (unpaired) electrons. The van der Waals surface area contributed by atoms with Crippen molar-refractivity contribution in [3.8, 4) is 11.1 Å². The number of fused-ring (bicyclic) bond motifs is 2. The van der Waals surface area contributed by atoms with Crippen LogP contribution in [0.25, 0.3) is 22.3 Å². The summed E-state index contributed by atoms with van der Waals surface area (Å²) in [6, 6.07) is 6.48. The van der Waals surface area contributed by atoms with E-state index in [1.54, 1.807) is 24.9 Å². The summed E-state index contributed by atoms with van der Waals surface area (Å²) in [5.74, 6) is 1.94. The number of aromatic nitrogens is 4. The van der Waals surface area contributed by atoms with Gasteiger partial charge in [0.25, 0.3) is 0 Å². The van der Waals surface area contributed by atoms with E-state index in [2.05, 4.69) is 37.2 Å². The van der Waals surface area contributed by atoms with E-state index in [1.165, 1.54) is 5.56 Å². The van der Waals surface area contributed by atoms with Crippen LogP contribution in [0.15, 0.2) is 53.7 Å². The van der Waals surface area contributed by atoms with Crippen LogP contribution < -0.4 is 16.2 Å². The van der Waals surface area contributed by atoms with Crippen molar-refractivity contribution >= 4 is 22.8 Å². The Morgan fingerprint density at radius 1 is 1.11 bits per heavy atom. The van der Waals surface area contributed by atoms with Gasteiger partial charge in [0.05, 0.1) is 36.0 Å². The second-order valence-corrected chi connectivity index (χ2v) is 10.4. The number of hydrogen-bond donors (Lipinski definition) is 4. The highest BCUT2D eigenvalue weighted by Crippen LogP contribution is 2.44. The fourth-order valence-electron chi connectivity index (χ4n) is 6.03. The zero-order valence-electron chi connectivity index (χ0n) is 19.9. The quantitative estimate of drug-likeness (QED) is 0.331. The van der Waals surface area contributed by atoms with Crippen molar-refractivity contribution < 1.29 is 9.21 Å². The van der Waals surface area contributed by atoms with E-state index in [1.807, 2.05) is 18.3 Å². The number of carbonyl (C=O) groups is 1. The molecular weight excluding hydrogens is 454 g/mol. The number of nitrogens with one attached hydrogen (secondary N) is 4. The lowest BCUT2D eigenvalue weighted by Gasteiger charge is -2.33. The SMILES string of the molecule is O=C(Nc1cncc(C2CCC3NNC(c4nc5nccc(-c6ccoc6)c5[nH]4)C3C2)c1)C1CCC1. The van der Waals surface area contributed by atoms with Crippen LogP contribution in [0.2, 0.25) is 0 Å². The van der Waals surface area contributed by atoms with Gasteiger partial charge in [-0.2, -0.15) is 0 Å². The molecule has 1 saturated heterocycles. The number of rotatable bonds is 5. The fourth-order valence-corrected chi connectivity index (χ4v) is 6.03. The number of furan rings is 1. The van der Waals surface area contributed by atoms with Crippen molar-refractivity contribution in [2.45, 2.75) is 56.5 Å². The zero-order valence-corrected chi connectivity index (χ0v) is 19.9. The Kier molecular flexibility index (Phi) is 5.32. The minimum atomic E-state index is 0.0543. The van der Waals surface area contributed by atoms with Crippen LogP contribution >= 0.6 is 0 Å². The third-order valence-electron chi connectivity index (χ3n) is 8.26. The molecule has 3 fully saturated rings. The van der Waals surface area contributed by atoms with E-state index in [4.69, 9.17) is 9.40 Å². The summed E-state index contributed by atoms with van der Waals surface area (Å²) in [5.41, 5.74) is 12.7. The maximum absolute atomic E-state index is 12.4. The third kappa shape index (κ3) is 3.79. The molecule has 0 spiro atoms. The van der Waals surface area contributed by atoms with Gasteiger partial charge in [-0.15, -0.1) is 0 Å². The van der Waals surface area contributed by atoms with Gasteiger partial charge in [-0.1, -0.05) is 6.42 Å². The first kappa shape index (κ1) is 21.7. The molecule has 7 rings (SSSR count). The lowest BCUT2D eigenvalue weighted by Crippen LogP contribution is -2.34. The minimum Gasteiger partial charge on any atom is -0.472 e. The second-order valence-electron chi connectivity index (χ2n) is 10.4. The van der Waals surface area contributed by atoms with Gasteiger partial charge in [0, 0.05) is 35.5 Å². The van der Waals surface area contributed by atoms with E-state index in [0.717, 1.165) is 66.7 Å². The molecule has 4 aromatic heterocycles. The number of anilines is 1. The normalized spacial score (nSPS) is 26.0. The predicted molar refractivity (Wildman–Crippen MR) is 135 cm³/mol. The monoisotopic (exact) mass is 483 g/mol. The Bertz CT molecular complexity index is 1390. The van der Waals surface area contributed by atoms with Gasteiger partial charge in [0.2, 0.25) is 5.91 Å².